The summed E-state index contributed by atoms with van der Waals surface area (Å²) >= 11 is 0. The molecule has 5 rings (SSSR count). The van der Waals surface area contributed by atoms with Crippen LogP contribution in [0.3, 0.4) is 0 Å². The standard InChI is InChI=1S/C28H27N3O3/c1-33-26-7-4-6-24(19-26)30-15-17-31(18-16-30)28(32)22-10-13-25(14-11-22)34-20-23-12-9-21-5-2-3-8-27(21)29-23/h2-14,19H,15-18,20H2,1H3. The molecule has 0 spiro atoms. The fourth-order valence-corrected chi connectivity index (χ4v) is 4.20. The molecule has 3 aromatic carbocycles. The first-order valence-electron chi connectivity index (χ1n) is 11.5. The normalized spacial score (nSPS) is 13.7. The first-order chi connectivity index (χ1) is 16.7. The first-order valence-corrected chi connectivity index (χ1v) is 11.5. The van der Waals surface area contributed by atoms with E-state index in [2.05, 4.69) is 22.0 Å². The summed E-state index contributed by atoms with van der Waals surface area (Å²) in [6, 6.07) is 27.5. The van der Waals surface area contributed by atoms with Crippen molar-refractivity contribution in [1.29, 1.82) is 0 Å². The lowest BCUT2D eigenvalue weighted by molar-refractivity contribution is 0.0746. The van der Waals surface area contributed by atoms with Crippen molar-refractivity contribution in [3.63, 3.8) is 0 Å². The highest BCUT2D eigenvalue weighted by Gasteiger charge is 2.22. The number of benzene rings is 3. The lowest BCUT2D eigenvalue weighted by atomic mass is 10.1. The lowest BCUT2D eigenvalue weighted by Gasteiger charge is -2.36. The maximum atomic E-state index is 13.0. The fraction of sp³-hybridized carbons (Fsp3) is 0.214. The number of anilines is 1. The van der Waals surface area contributed by atoms with Crippen molar-refractivity contribution in [2.75, 3.05) is 38.2 Å². The molecular formula is C28H27N3O3. The van der Waals surface area contributed by atoms with E-state index in [-0.39, 0.29) is 5.91 Å². The zero-order valence-corrected chi connectivity index (χ0v) is 19.2. The van der Waals surface area contributed by atoms with Gasteiger partial charge in [0.25, 0.3) is 5.91 Å². The third-order valence-corrected chi connectivity index (χ3v) is 6.13. The van der Waals surface area contributed by atoms with Gasteiger partial charge < -0.3 is 19.3 Å². The number of fused-ring (bicyclic) bond motifs is 1. The fourth-order valence-electron chi connectivity index (χ4n) is 4.20. The highest BCUT2D eigenvalue weighted by molar-refractivity contribution is 5.94. The Morgan fingerprint density at radius 2 is 1.65 bits per heavy atom. The maximum absolute atomic E-state index is 13.0. The zero-order valence-electron chi connectivity index (χ0n) is 19.2. The Kier molecular flexibility index (Phi) is 6.29. The summed E-state index contributed by atoms with van der Waals surface area (Å²) in [6.07, 6.45) is 0. The number of methoxy groups -OCH3 is 1. The van der Waals surface area contributed by atoms with E-state index in [1.165, 1.54) is 0 Å². The molecule has 0 bridgehead atoms. The number of rotatable bonds is 6. The second-order valence-electron chi connectivity index (χ2n) is 8.29. The lowest BCUT2D eigenvalue weighted by Crippen LogP contribution is -2.48. The van der Waals surface area contributed by atoms with Crippen LogP contribution in [0.25, 0.3) is 10.9 Å². The number of ether oxygens (including phenoxy) is 2. The minimum atomic E-state index is 0.0491. The molecule has 6 heteroatoms. The third kappa shape index (κ3) is 4.81. The van der Waals surface area contributed by atoms with Gasteiger partial charge in [0.1, 0.15) is 18.1 Å². The summed E-state index contributed by atoms with van der Waals surface area (Å²) < 4.78 is 11.2. The van der Waals surface area contributed by atoms with Crippen molar-refractivity contribution >= 4 is 22.5 Å². The number of hydrogen-bond acceptors (Lipinski definition) is 5. The molecular weight excluding hydrogens is 426 g/mol. The summed E-state index contributed by atoms with van der Waals surface area (Å²) in [6.45, 7) is 3.33. The average Bonchev–Trinajstić information content (AvgIpc) is 2.92. The van der Waals surface area contributed by atoms with Crippen LogP contribution in [0.5, 0.6) is 11.5 Å². The Hall–Kier alpha value is -4.06. The van der Waals surface area contributed by atoms with Crippen molar-refractivity contribution in [3.8, 4) is 11.5 Å². The van der Waals surface area contributed by atoms with Gasteiger partial charge in [0.15, 0.2) is 0 Å². The number of nitrogens with zero attached hydrogens (tertiary/aromatic N) is 3. The summed E-state index contributed by atoms with van der Waals surface area (Å²) in [7, 11) is 1.67. The van der Waals surface area contributed by atoms with Crippen molar-refractivity contribution in [1.82, 2.24) is 9.88 Å². The number of carbonyl (C=O) groups excluding carboxylic acids is 1. The van der Waals surface area contributed by atoms with Crippen LogP contribution in [0.1, 0.15) is 16.1 Å². The Bertz CT molecular complexity index is 1280. The second kappa shape index (κ2) is 9.83. The molecule has 0 N–H and O–H groups in total. The predicted octanol–water partition coefficient (Wildman–Crippen LogP) is 4.78. The number of hydrogen-bond donors (Lipinski definition) is 0. The summed E-state index contributed by atoms with van der Waals surface area (Å²) in [5.74, 6) is 1.61. The quantitative estimate of drug-likeness (QED) is 0.420. The molecule has 0 saturated carbocycles. The summed E-state index contributed by atoms with van der Waals surface area (Å²) in [5, 5.41) is 1.11. The molecule has 4 aromatic rings. The van der Waals surface area contributed by atoms with Crippen LogP contribution in [0.2, 0.25) is 0 Å². The zero-order chi connectivity index (χ0) is 23.3. The largest absolute Gasteiger partial charge is 0.497 e. The molecule has 172 valence electrons. The van der Waals surface area contributed by atoms with Crippen LogP contribution < -0.4 is 14.4 Å². The Balaban J connectivity index is 1.16. The van der Waals surface area contributed by atoms with Gasteiger partial charge in [-0.05, 0) is 48.5 Å². The minimum Gasteiger partial charge on any atom is -0.497 e. The second-order valence-corrected chi connectivity index (χ2v) is 8.29. The molecule has 0 aliphatic carbocycles. The number of carbonyl (C=O) groups is 1. The van der Waals surface area contributed by atoms with E-state index in [4.69, 9.17) is 9.47 Å². The topological polar surface area (TPSA) is 54.9 Å². The van der Waals surface area contributed by atoms with E-state index >= 15 is 0 Å². The Labute approximate surface area is 199 Å². The van der Waals surface area contributed by atoms with Crippen molar-refractivity contribution < 1.29 is 14.3 Å². The van der Waals surface area contributed by atoms with Gasteiger partial charge in [0.05, 0.1) is 18.3 Å². The SMILES string of the molecule is COc1cccc(N2CCN(C(=O)c3ccc(OCc4ccc5ccccc5n4)cc3)CC2)c1. The molecule has 2 heterocycles. The third-order valence-electron chi connectivity index (χ3n) is 6.13. The van der Waals surface area contributed by atoms with Crippen LogP contribution in [-0.2, 0) is 6.61 Å². The van der Waals surface area contributed by atoms with E-state index in [9.17, 15) is 4.79 Å². The van der Waals surface area contributed by atoms with Crippen molar-refractivity contribution in [3.05, 3.63) is 96.2 Å². The Morgan fingerprint density at radius 3 is 2.44 bits per heavy atom. The molecule has 0 atom stereocenters. The van der Waals surface area contributed by atoms with Crippen LogP contribution in [0, 0.1) is 0 Å². The van der Waals surface area contributed by atoms with Gasteiger partial charge in [-0.15, -0.1) is 0 Å². The molecule has 1 saturated heterocycles. The van der Waals surface area contributed by atoms with Crippen LogP contribution in [-0.4, -0.2) is 49.1 Å². The highest BCUT2D eigenvalue weighted by atomic mass is 16.5. The van der Waals surface area contributed by atoms with Crippen molar-refractivity contribution in [2.45, 2.75) is 6.61 Å². The van der Waals surface area contributed by atoms with Gasteiger partial charge in [-0.2, -0.15) is 0 Å². The number of pyridine rings is 1. The first kappa shape index (κ1) is 21.8. The number of piperazine rings is 1. The number of aromatic nitrogens is 1. The highest BCUT2D eigenvalue weighted by Crippen LogP contribution is 2.23. The van der Waals surface area contributed by atoms with Gasteiger partial charge in [-0.3, -0.25) is 4.79 Å². The molecule has 1 aliphatic heterocycles. The van der Waals surface area contributed by atoms with E-state index in [0.717, 1.165) is 41.1 Å². The van der Waals surface area contributed by atoms with Gasteiger partial charge in [0, 0.05) is 48.9 Å². The van der Waals surface area contributed by atoms with E-state index < -0.39 is 0 Å². The van der Waals surface area contributed by atoms with Crippen LogP contribution in [0.4, 0.5) is 5.69 Å². The molecule has 1 aromatic heterocycles. The molecule has 34 heavy (non-hydrogen) atoms. The Morgan fingerprint density at radius 1 is 0.853 bits per heavy atom. The van der Waals surface area contributed by atoms with Gasteiger partial charge in [-0.1, -0.05) is 30.3 Å². The summed E-state index contributed by atoms with van der Waals surface area (Å²) in [4.78, 5) is 21.8. The van der Waals surface area contributed by atoms with E-state index in [1.807, 2.05) is 77.7 Å². The van der Waals surface area contributed by atoms with Crippen LogP contribution in [0.15, 0.2) is 84.9 Å². The summed E-state index contributed by atoms with van der Waals surface area (Å²) in [5.41, 5.74) is 3.61. The van der Waals surface area contributed by atoms with Gasteiger partial charge in [-0.25, -0.2) is 4.98 Å². The maximum Gasteiger partial charge on any atom is 0.253 e. The molecule has 1 aliphatic rings. The number of amides is 1. The molecule has 0 unspecified atom stereocenters. The van der Waals surface area contributed by atoms with Gasteiger partial charge in [0.2, 0.25) is 0 Å². The minimum absolute atomic E-state index is 0.0491. The number of para-hydroxylation sites is 1. The van der Waals surface area contributed by atoms with Crippen LogP contribution >= 0.6 is 0 Å². The molecule has 1 fully saturated rings. The molecule has 0 radical (unpaired) electrons. The smallest absolute Gasteiger partial charge is 0.253 e. The van der Waals surface area contributed by atoms with Crippen molar-refractivity contribution in [2.24, 2.45) is 0 Å². The van der Waals surface area contributed by atoms with Gasteiger partial charge >= 0.3 is 0 Å². The van der Waals surface area contributed by atoms with E-state index in [1.54, 1.807) is 7.11 Å². The predicted molar refractivity (Wildman–Crippen MR) is 134 cm³/mol. The monoisotopic (exact) mass is 453 g/mol. The average molecular weight is 454 g/mol. The molecule has 1 amide bonds. The molecule has 6 nitrogen and oxygen atoms in total. The van der Waals surface area contributed by atoms with E-state index in [0.29, 0.717) is 31.0 Å².